The van der Waals surface area contributed by atoms with E-state index in [-0.39, 0.29) is 17.2 Å². The van der Waals surface area contributed by atoms with E-state index in [4.69, 9.17) is 4.74 Å². The smallest absolute Gasteiger partial charge is 0.497 e. The Hall–Kier alpha value is -3.98. The third kappa shape index (κ3) is 5.78. The summed E-state index contributed by atoms with van der Waals surface area (Å²) < 4.78 is 49.7. The SMILES string of the molecule is COc1ccc(CN2CCN(C(=O)c3ccc(N4CC=Cc5ccccc54)c(OC(F)(F)F)c3)CC2)cc1. The van der Waals surface area contributed by atoms with Crippen LogP contribution in [0.3, 0.4) is 0 Å². The normalized spacial score (nSPS) is 15.8. The van der Waals surface area contributed by atoms with Crippen LogP contribution in [0.2, 0.25) is 0 Å². The summed E-state index contributed by atoms with van der Waals surface area (Å²) >= 11 is 0. The van der Waals surface area contributed by atoms with Crippen molar-refractivity contribution in [3.05, 3.63) is 89.5 Å². The van der Waals surface area contributed by atoms with Crippen molar-refractivity contribution in [2.45, 2.75) is 12.9 Å². The third-order valence-corrected chi connectivity index (χ3v) is 6.76. The van der Waals surface area contributed by atoms with Gasteiger partial charge in [0.2, 0.25) is 0 Å². The predicted octanol–water partition coefficient (Wildman–Crippen LogP) is 5.72. The molecule has 198 valence electrons. The number of para-hydroxylation sites is 1. The molecule has 0 aromatic heterocycles. The van der Waals surface area contributed by atoms with Gasteiger partial charge in [-0.15, -0.1) is 13.2 Å². The number of hydrogen-bond acceptors (Lipinski definition) is 5. The maximum Gasteiger partial charge on any atom is 0.573 e. The molecule has 1 saturated heterocycles. The molecular formula is C29H28F3N3O3. The van der Waals surface area contributed by atoms with Crippen LogP contribution in [0.15, 0.2) is 72.8 Å². The van der Waals surface area contributed by atoms with E-state index < -0.39 is 12.1 Å². The van der Waals surface area contributed by atoms with Crippen LogP contribution in [0.4, 0.5) is 24.5 Å². The Balaban J connectivity index is 1.31. The number of fused-ring (bicyclic) bond motifs is 1. The number of halogens is 3. The number of anilines is 2. The molecule has 3 aromatic carbocycles. The van der Waals surface area contributed by atoms with Gasteiger partial charge in [0.05, 0.1) is 12.8 Å². The average molecular weight is 524 g/mol. The van der Waals surface area contributed by atoms with Gasteiger partial charge >= 0.3 is 6.36 Å². The van der Waals surface area contributed by atoms with Crippen molar-refractivity contribution in [1.82, 2.24) is 9.80 Å². The molecule has 2 aliphatic rings. The first kappa shape index (κ1) is 25.7. The van der Waals surface area contributed by atoms with Crippen LogP contribution in [0.25, 0.3) is 6.08 Å². The summed E-state index contributed by atoms with van der Waals surface area (Å²) in [7, 11) is 1.63. The highest BCUT2D eigenvalue weighted by Crippen LogP contribution is 2.40. The summed E-state index contributed by atoms with van der Waals surface area (Å²) in [6.45, 7) is 3.43. The molecule has 0 spiro atoms. The molecule has 0 bridgehead atoms. The fraction of sp³-hybridized carbons (Fsp3) is 0.276. The fourth-order valence-electron chi connectivity index (χ4n) is 4.84. The van der Waals surface area contributed by atoms with Crippen molar-refractivity contribution in [1.29, 1.82) is 0 Å². The predicted molar refractivity (Wildman–Crippen MR) is 140 cm³/mol. The fourth-order valence-corrected chi connectivity index (χ4v) is 4.84. The van der Waals surface area contributed by atoms with Gasteiger partial charge in [0.15, 0.2) is 5.75 Å². The van der Waals surface area contributed by atoms with E-state index in [1.807, 2.05) is 60.7 Å². The number of methoxy groups -OCH3 is 1. The maximum atomic E-state index is 13.4. The highest BCUT2D eigenvalue weighted by Gasteiger charge is 2.34. The molecule has 0 atom stereocenters. The summed E-state index contributed by atoms with van der Waals surface area (Å²) in [5.74, 6) is 0.0863. The second-order valence-electron chi connectivity index (χ2n) is 9.22. The van der Waals surface area contributed by atoms with Crippen LogP contribution in [-0.2, 0) is 6.54 Å². The lowest BCUT2D eigenvalue weighted by atomic mass is 10.1. The Morgan fingerprint density at radius 2 is 1.66 bits per heavy atom. The van der Waals surface area contributed by atoms with Crippen molar-refractivity contribution in [3.63, 3.8) is 0 Å². The zero-order valence-corrected chi connectivity index (χ0v) is 20.9. The lowest BCUT2D eigenvalue weighted by molar-refractivity contribution is -0.274. The highest BCUT2D eigenvalue weighted by atomic mass is 19.4. The van der Waals surface area contributed by atoms with Gasteiger partial charge in [0.25, 0.3) is 5.91 Å². The van der Waals surface area contributed by atoms with Crippen LogP contribution >= 0.6 is 0 Å². The van der Waals surface area contributed by atoms with Crippen LogP contribution in [-0.4, -0.2) is 61.9 Å². The zero-order valence-electron chi connectivity index (χ0n) is 20.9. The number of piperazine rings is 1. The second kappa shape index (κ2) is 10.8. The maximum absolute atomic E-state index is 13.4. The lowest BCUT2D eigenvalue weighted by Crippen LogP contribution is -2.48. The van der Waals surface area contributed by atoms with Gasteiger partial charge < -0.3 is 19.3 Å². The molecule has 1 amide bonds. The second-order valence-corrected chi connectivity index (χ2v) is 9.22. The molecular weight excluding hydrogens is 495 g/mol. The van der Waals surface area contributed by atoms with Crippen molar-refractivity contribution < 1.29 is 27.4 Å². The summed E-state index contributed by atoms with van der Waals surface area (Å²) in [5, 5.41) is 0. The van der Waals surface area contributed by atoms with Crippen molar-refractivity contribution in [2.75, 3.05) is 44.7 Å². The zero-order chi connectivity index (χ0) is 26.7. The first-order chi connectivity index (χ1) is 18.3. The molecule has 0 N–H and O–H groups in total. The lowest BCUT2D eigenvalue weighted by Gasteiger charge is -2.35. The van der Waals surface area contributed by atoms with E-state index in [0.717, 1.165) is 29.1 Å². The van der Waals surface area contributed by atoms with Crippen LogP contribution in [0, 0.1) is 0 Å². The van der Waals surface area contributed by atoms with Gasteiger partial charge in [-0.1, -0.05) is 42.5 Å². The Kier molecular flexibility index (Phi) is 7.28. The first-order valence-corrected chi connectivity index (χ1v) is 12.4. The molecule has 5 rings (SSSR count). The Morgan fingerprint density at radius 1 is 0.921 bits per heavy atom. The number of ether oxygens (including phenoxy) is 2. The number of rotatable bonds is 6. The minimum absolute atomic E-state index is 0.164. The van der Waals surface area contributed by atoms with E-state index in [0.29, 0.717) is 32.7 Å². The summed E-state index contributed by atoms with van der Waals surface area (Å²) in [6.07, 6.45) is -1.08. The van der Waals surface area contributed by atoms with E-state index in [9.17, 15) is 18.0 Å². The van der Waals surface area contributed by atoms with Crippen LogP contribution in [0.1, 0.15) is 21.5 Å². The topological polar surface area (TPSA) is 45.2 Å². The van der Waals surface area contributed by atoms with Gasteiger partial charge in [0.1, 0.15) is 5.75 Å². The third-order valence-electron chi connectivity index (χ3n) is 6.76. The number of carbonyl (C=O) groups is 1. The van der Waals surface area contributed by atoms with Gasteiger partial charge in [-0.3, -0.25) is 9.69 Å². The summed E-state index contributed by atoms with van der Waals surface area (Å²) in [4.78, 5) is 18.9. The Morgan fingerprint density at radius 3 is 2.37 bits per heavy atom. The molecule has 9 heteroatoms. The first-order valence-electron chi connectivity index (χ1n) is 12.4. The molecule has 0 saturated carbocycles. The van der Waals surface area contributed by atoms with Crippen LogP contribution in [0.5, 0.6) is 11.5 Å². The number of carbonyl (C=O) groups excluding carboxylic acids is 1. The number of alkyl halides is 3. The molecule has 0 unspecified atom stereocenters. The number of amides is 1. The summed E-state index contributed by atoms with van der Waals surface area (Å²) in [6, 6.07) is 19.6. The molecule has 6 nitrogen and oxygen atoms in total. The number of nitrogens with zero attached hydrogens (tertiary/aromatic N) is 3. The molecule has 1 fully saturated rings. The van der Waals surface area contributed by atoms with Gasteiger partial charge in [0, 0.05) is 50.5 Å². The minimum Gasteiger partial charge on any atom is -0.497 e. The van der Waals surface area contributed by atoms with Gasteiger partial charge in [-0.25, -0.2) is 0 Å². The molecule has 3 aromatic rings. The monoisotopic (exact) mass is 523 g/mol. The van der Waals surface area contributed by atoms with E-state index in [1.165, 1.54) is 12.1 Å². The molecule has 0 aliphatic carbocycles. The molecule has 2 heterocycles. The van der Waals surface area contributed by atoms with Crippen molar-refractivity contribution >= 4 is 23.4 Å². The Bertz CT molecular complexity index is 1320. The quantitative estimate of drug-likeness (QED) is 0.414. The van der Waals surface area contributed by atoms with Crippen molar-refractivity contribution in [3.8, 4) is 11.5 Å². The Labute approximate surface area is 219 Å². The average Bonchev–Trinajstić information content (AvgIpc) is 2.92. The minimum atomic E-state index is -4.89. The van der Waals surface area contributed by atoms with Gasteiger partial charge in [-0.05, 0) is 47.5 Å². The standard InChI is InChI=1S/C29H28F3N3O3/c1-37-24-11-8-21(9-12-24)20-33-15-17-34(18-16-33)28(36)23-10-13-26(27(19-23)38-29(30,31)32)35-14-4-6-22-5-2-3-7-25(22)35/h2-13,19H,14-18,20H2,1H3. The molecule has 38 heavy (non-hydrogen) atoms. The largest absolute Gasteiger partial charge is 0.573 e. The number of hydrogen-bond donors (Lipinski definition) is 0. The molecule has 2 aliphatic heterocycles. The van der Waals surface area contributed by atoms with Crippen molar-refractivity contribution in [2.24, 2.45) is 0 Å². The summed E-state index contributed by atoms with van der Waals surface area (Å²) in [5.41, 5.74) is 3.22. The molecule has 0 radical (unpaired) electrons. The van der Waals surface area contributed by atoms with Crippen LogP contribution < -0.4 is 14.4 Å². The number of benzene rings is 3. The van der Waals surface area contributed by atoms with E-state index in [1.54, 1.807) is 23.0 Å². The van der Waals surface area contributed by atoms with E-state index in [2.05, 4.69) is 9.64 Å². The highest BCUT2D eigenvalue weighted by molar-refractivity contribution is 5.96. The van der Waals surface area contributed by atoms with Gasteiger partial charge in [-0.2, -0.15) is 0 Å². The van der Waals surface area contributed by atoms with E-state index >= 15 is 0 Å².